The van der Waals surface area contributed by atoms with Crippen molar-refractivity contribution in [2.75, 3.05) is 13.6 Å². The molecule has 1 aromatic heterocycles. The quantitative estimate of drug-likeness (QED) is 0.701. The van der Waals surface area contributed by atoms with E-state index in [1.54, 1.807) is 0 Å². The normalized spacial score (nSPS) is 11.6. The maximum Gasteiger partial charge on any atom is 0.0948 e. The van der Waals surface area contributed by atoms with E-state index in [1.165, 1.54) is 0 Å². The van der Waals surface area contributed by atoms with Crippen molar-refractivity contribution < 1.29 is 0 Å². The Bertz CT molecular complexity index is 270. The lowest BCUT2D eigenvalue weighted by atomic mass is 10.3. The zero-order valence-corrected chi connectivity index (χ0v) is 9.83. The van der Waals surface area contributed by atoms with Gasteiger partial charge < -0.3 is 9.47 Å². The summed E-state index contributed by atoms with van der Waals surface area (Å²) in [6.45, 7) is 6.36. The molecule has 0 aromatic carbocycles. The van der Waals surface area contributed by atoms with Crippen molar-refractivity contribution in [3.05, 3.63) is 18.2 Å². The van der Waals surface area contributed by atoms with Crippen molar-refractivity contribution in [1.29, 1.82) is 0 Å². The van der Waals surface area contributed by atoms with E-state index in [2.05, 4.69) is 35.3 Å². The highest BCUT2D eigenvalue weighted by molar-refractivity contribution is 6.16. The molecule has 0 unspecified atom stereocenters. The molecular weight excluding hydrogens is 198 g/mol. The molecule has 0 aliphatic carbocycles. The van der Waals surface area contributed by atoms with Crippen LogP contribution < -0.4 is 0 Å². The van der Waals surface area contributed by atoms with Crippen LogP contribution in [0.25, 0.3) is 0 Å². The van der Waals surface area contributed by atoms with Gasteiger partial charge in [-0.3, -0.25) is 0 Å². The number of alkyl halides is 1. The third kappa shape index (κ3) is 3.00. The molecule has 0 saturated heterocycles. The molecule has 1 heterocycles. The topological polar surface area (TPSA) is 21.1 Å². The minimum atomic E-state index is 0.533. The Morgan fingerprint density at radius 3 is 2.86 bits per heavy atom. The number of halogens is 1. The number of hydrogen-bond donors (Lipinski definition) is 0. The molecule has 1 rings (SSSR count). The molecule has 80 valence electrons. The molecule has 3 nitrogen and oxygen atoms in total. The van der Waals surface area contributed by atoms with Gasteiger partial charge in [0, 0.05) is 25.3 Å². The molecule has 1 aromatic rings. The number of likely N-dealkylation sites (N-methyl/N-ethyl adjacent to an activating group) is 1. The van der Waals surface area contributed by atoms with E-state index in [9.17, 15) is 0 Å². The molecule has 0 aliphatic heterocycles. The Hall–Kier alpha value is -0.540. The summed E-state index contributed by atoms with van der Waals surface area (Å²) in [7, 11) is 2.13. The second-order valence-electron chi connectivity index (χ2n) is 3.79. The average Bonchev–Trinajstić information content (AvgIpc) is 2.60. The fourth-order valence-corrected chi connectivity index (χ4v) is 1.41. The summed E-state index contributed by atoms with van der Waals surface area (Å²) in [6.07, 6.45) is 3.66. The molecule has 0 saturated carbocycles. The molecule has 4 heteroatoms. The molecule has 0 N–H and O–H groups in total. The summed E-state index contributed by atoms with van der Waals surface area (Å²) in [5.41, 5.74) is 1.09. The highest BCUT2D eigenvalue weighted by atomic mass is 35.5. The van der Waals surface area contributed by atoms with Gasteiger partial charge in [-0.1, -0.05) is 0 Å². The summed E-state index contributed by atoms with van der Waals surface area (Å²) in [4.78, 5) is 6.38. The fourth-order valence-electron chi connectivity index (χ4n) is 1.18. The first-order valence-electron chi connectivity index (χ1n) is 4.90. The van der Waals surface area contributed by atoms with Crippen LogP contribution in [0.3, 0.4) is 0 Å². The second-order valence-corrected chi connectivity index (χ2v) is 4.05. The van der Waals surface area contributed by atoms with Crippen molar-refractivity contribution >= 4 is 11.6 Å². The van der Waals surface area contributed by atoms with Crippen LogP contribution in [-0.4, -0.2) is 34.1 Å². The van der Waals surface area contributed by atoms with Crippen molar-refractivity contribution in [2.45, 2.75) is 32.3 Å². The number of hydrogen-bond acceptors (Lipinski definition) is 2. The molecular formula is C10H18ClN3. The minimum absolute atomic E-state index is 0.533. The first kappa shape index (κ1) is 11.5. The maximum atomic E-state index is 5.78. The first-order valence-corrected chi connectivity index (χ1v) is 5.43. The van der Waals surface area contributed by atoms with Gasteiger partial charge in [0.25, 0.3) is 0 Å². The lowest BCUT2D eigenvalue weighted by Gasteiger charge is -2.21. The predicted octanol–water partition coefficient (Wildman–Crippen LogP) is 1.96. The van der Waals surface area contributed by atoms with E-state index in [1.807, 2.05) is 12.5 Å². The largest absolute Gasteiger partial charge is 0.332 e. The minimum Gasteiger partial charge on any atom is -0.332 e. The highest BCUT2D eigenvalue weighted by Gasteiger charge is 2.04. The van der Waals surface area contributed by atoms with E-state index in [-0.39, 0.29) is 0 Å². The summed E-state index contributed by atoms with van der Waals surface area (Å²) in [6, 6.07) is 0.581. The molecule has 0 amide bonds. The molecule has 0 bridgehead atoms. The van der Waals surface area contributed by atoms with Gasteiger partial charge in [-0.15, -0.1) is 11.6 Å². The van der Waals surface area contributed by atoms with E-state index < -0.39 is 0 Å². The standard InChI is InChI=1S/C10H18ClN3/c1-9(2)13(3)4-5-14-8-12-7-10(14)6-11/h7-9H,4-6H2,1-3H3. The fraction of sp³-hybridized carbons (Fsp3) is 0.700. The summed E-state index contributed by atoms with van der Waals surface area (Å²) in [5, 5.41) is 0. The van der Waals surface area contributed by atoms with Crippen LogP contribution in [0.15, 0.2) is 12.5 Å². The van der Waals surface area contributed by atoms with Gasteiger partial charge in [-0.05, 0) is 20.9 Å². The Morgan fingerprint density at radius 1 is 1.57 bits per heavy atom. The van der Waals surface area contributed by atoms with Gasteiger partial charge in [-0.2, -0.15) is 0 Å². The smallest absolute Gasteiger partial charge is 0.0948 e. The van der Waals surface area contributed by atoms with Crippen LogP contribution in [-0.2, 0) is 12.4 Å². The predicted molar refractivity (Wildman–Crippen MR) is 59.6 cm³/mol. The first-order chi connectivity index (χ1) is 6.65. The Morgan fingerprint density at radius 2 is 2.29 bits per heavy atom. The average molecular weight is 216 g/mol. The number of aromatic nitrogens is 2. The van der Waals surface area contributed by atoms with Crippen LogP contribution >= 0.6 is 11.6 Å². The summed E-state index contributed by atoms with van der Waals surface area (Å²) in [5.74, 6) is 0.533. The van der Waals surface area contributed by atoms with Gasteiger partial charge >= 0.3 is 0 Å². The van der Waals surface area contributed by atoms with Crippen LogP contribution in [0.1, 0.15) is 19.5 Å². The van der Waals surface area contributed by atoms with E-state index in [0.29, 0.717) is 11.9 Å². The van der Waals surface area contributed by atoms with Gasteiger partial charge in [0.2, 0.25) is 0 Å². The van der Waals surface area contributed by atoms with E-state index >= 15 is 0 Å². The highest BCUT2D eigenvalue weighted by Crippen LogP contribution is 2.03. The Kier molecular flexibility index (Phi) is 4.42. The molecule has 14 heavy (non-hydrogen) atoms. The molecule has 0 fully saturated rings. The van der Waals surface area contributed by atoms with Crippen molar-refractivity contribution in [2.24, 2.45) is 0 Å². The van der Waals surface area contributed by atoms with E-state index in [0.717, 1.165) is 18.8 Å². The van der Waals surface area contributed by atoms with Crippen LogP contribution in [0.2, 0.25) is 0 Å². The van der Waals surface area contributed by atoms with Crippen LogP contribution in [0, 0.1) is 0 Å². The molecule has 0 spiro atoms. The van der Waals surface area contributed by atoms with Crippen molar-refractivity contribution in [1.82, 2.24) is 14.5 Å². The molecule has 0 atom stereocenters. The maximum absolute atomic E-state index is 5.78. The van der Waals surface area contributed by atoms with Crippen LogP contribution in [0.4, 0.5) is 0 Å². The van der Waals surface area contributed by atoms with Crippen molar-refractivity contribution in [3.8, 4) is 0 Å². The van der Waals surface area contributed by atoms with Gasteiger partial charge in [0.1, 0.15) is 0 Å². The number of imidazole rings is 1. The monoisotopic (exact) mass is 215 g/mol. The SMILES string of the molecule is CC(C)N(C)CCn1cncc1CCl. The number of nitrogens with zero attached hydrogens (tertiary/aromatic N) is 3. The molecule has 0 radical (unpaired) electrons. The zero-order chi connectivity index (χ0) is 10.6. The lowest BCUT2D eigenvalue weighted by Crippen LogP contribution is -2.29. The third-order valence-electron chi connectivity index (χ3n) is 2.51. The van der Waals surface area contributed by atoms with Crippen LogP contribution in [0.5, 0.6) is 0 Å². The Balaban J connectivity index is 2.45. The summed E-state index contributed by atoms with van der Waals surface area (Å²) >= 11 is 5.78. The van der Waals surface area contributed by atoms with Gasteiger partial charge in [0.15, 0.2) is 0 Å². The third-order valence-corrected chi connectivity index (χ3v) is 2.78. The second kappa shape index (κ2) is 5.37. The van der Waals surface area contributed by atoms with E-state index in [4.69, 9.17) is 11.6 Å². The van der Waals surface area contributed by atoms with Gasteiger partial charge in [-0.25, -0.2) is 4.98 Å². The number of rotatable bonds is 5. The van der Waals surface area contributed by atoms with Crippen molar-refractivity contribution in [3.63, 3.8) is 0 Å². The van der Waals surface area contributed by atoms with Gasteiger partial charge in [0.05, 0.1) is 17.9 Å². The lowest BCUT2D eigenvalue weighted by molar-refractivity contribution is 0.262. The molecule has 0 aliphatic rings. The summed E-state index contributed by atoms with van der Waals surface area (Å²) < 4.78 is 2.10. The Labute approximate surface area is 90.7 Å². The zero-order valence-electron chi connectivity index (χ0n) is 9.07.